The Labute approximate surface area is 126 Å². The molecule has 0 bridgehead atoms. The van der Waals surface area contributed by atoms with Gasteiger partial charge in [0.15, 0.2) is 6.10 Å². The van der Waals surface area contributed by atoms with Crippen LogP contribution < -0.4 is 0 Å². The molecule has 7 heteroatoms. The van der Waals surface area contributed by atoms with Crippen LogP contribution in [-0.2, 0) is 4.74 Å². The quantitative estimate of drug-likeness (QED) is 0.681. The van der Waals surface area contributed by atoms with Crippen molar-refractivity contribution in [3.63, 3.8) is 0 Å². The zero-order chi connectivity index (χ0) is 16.1. The van der Waals surface area contributed by atoms with Gasteiger partial charge in [0, 0.05) is 13.2 Å². The number of carboxylic acids is 1. The Morgan fingerprint density at radius 3 is 2.82 bits per heavy atom. The molecule has 0 saturated heterocycles. The summed E-state index contributed by atoms with van der Waals surface area (Å²) in [5.41, 5.74) is 11.2. The number of allylic oxidation sites excluding steroid dienone is 1. The van der Waals surface area contributed by atoms with E-state index in [2.05, 4.69) is 15.0 Å². The smallest absolute Gasteiger partial charge is 0.335 e. The van der Waals surface area contributed by atoms with E-state index in [0.717, 1.165) is 5.57 Å². The minimum Gasteiger partial charge on any atom is -0.478 e. The summed E-state index contributed by atoms with van der Waals surface area (Å²) in [6.07, 6.45) is 2.82. The van der Waals surface area contributed by atoms with Gasteiger partial charge in [-0.3, -0.25) is 0 Å². The fourth-order valence-corrected chi connectivity index (χ4v) is 1.94. The van der Waals surface area contributed by atoms with Gasteiger partial charge in [-0.1, -0.05) is 6.07 Å². The molecule has 22 heavy (non-hydrogen) atoms. The van der Waals surface area contributed by atoms with Crippen LogP contribution >= 0.6 is 0 Å². The van der Waals surface area contributed by atoms with Crippen molar-refractivity contribution < 1.29 is 19.4 Å². The first-order valence-corrected chi connectivity index (χ1v) is 6.45. The summed E-state index contributed by atoms with van der Waals surface area (Å²) in [5.74, 6) is -1.02. The maximum atomic E-state index is 10.9. The van der Waals surface area contributed by atoms with Gasteiger partial charge < -0.3 is 15.4 Å². The molecule has 1 aromatic carbocycles. The Morgan fingerprint density at radius 2 is 2.18 bits per heavy atom. The summed E-state index contributed by atoms with van der Waals surface area (Å²) < 4.78 is 5.18. The fourth-order valence-electron chi connectivity index (χ4n) is 1.94. The number of azo groups is 1. The highest BCUT2D eigenvalue weighted by Crippen LogP contribution is 2.22. The summed E-state index contributed by atoms with van der Waals surface area (Å²) in [6.45, 7) is 1.80. The number of ether oxygens (including phenoxy) is 1. The zero-order valence-electron chi connectivity index (χ0n) is 12.1. The molecule has 1 atom stereocenters. The van der Waals surface area contributed by atoms with Gasteiger partial charge >= 0.3 is 11.7 Å². The van der Waals surface area contributed by atoms with E-state index in [9.17, 15) is 4.79 Å². The minimum absolute atomic E-state index is 0.144. The third-order valence-electron chi connectivity index (χ3n) is 3.10. The van der Waals surface area contributed by atoms with Crippen LogP contribution in [0.1, 0.15) is 17.3 Å². The van der Waals surface area contributed by atoms with Gasteiger partial charge in [-0.05, 0) is 36.8 Å². The van der Waals surface area contributed by atoms with Gasteiger partial charge in [0.05, 0.1) is 16.9 Å². The first-order chi connectivity index (χ1) is 10.5. The molecule has 0 aromatic heterocycles. The third-order valence-corrected chi connectivity index (χ3v) is 3.10. The van der Waals surface area contributed by atoms with Crippen LogP contribution in [0.3, 0.4) is 0 Å². The van der Waals surface area contributed by atoms with Crippen LogP contribution in [0.4, 0.5) is 5.69 Å². The van der Waals surface area contributed by atoms with Gasteiger partial charge in [0.1, 0.15) is 0 Å². The van der Waals surface area contributed by atoms with Gasteiger partial charge in [0.2, 0.25) is 0 Å². The number of hydrogen-bond acceptors (Lipinski definition) is 4. The van der Waals surface area contributed by atoms with Crippen molar-refractivity contribution in [2.24, 2.45) is 10.2 Å². The summed E-state index contributed by atoms with van der Waals surface area (Å²) in [4.78, 5) is 14.1. The van der Waals surface area contributed by atoms with Gasteiger partial charge in [0.25, 0.3) is 0 Å². The molecule has 0 saturated carbocycles. The minimum atomic E-state index is -1.02. The number of hydrogen-bond donors (Lipinski definition) is 1. The van der Waals surface area contributed by atoms with Crippen molar-refractivity contribution in [1.29, 1.82) is 0 Å². The molecular weight excluding hydrogens is 284 g/mol. The Hall–Kier alpha value is -2.89. The van der Waals surface area contributed by atoms with Gasteiger partial charge in [-0.2, -0.15) is 15.0 Å². The van der Waals surface area contributed by atoms with E-state index < -0.39 is 12.1 Å². The zero-order valence-corrected chi connectivity index (χ0v) is 12.1. The lowest BCUT2D eigenvalue weighted by Crippen LogP contribution is -2.23. The predicted molar refractivity (Wildman–Crippen MR) is 79.2 cm³/mol. The maximum Gasteiger partial charge on any atom is 0.335 e. The van der Waals surface area contributed by atoms with E-state index in [1.54, 1.807) is 31.2 Å². The van der Waals surface area contributed by atoms with Gasteiger partial charge in [-0.15, -0.1) is 0 Å². The van der Waals surface area contributed by atoms with E-state index in [1.165, 1.54) is 19.2 Å². The average molecular weight is 298 g/mol. The molecule has 1 aliphatic rings. The van der Waals surface area contributed by atoms with Gasteiger partial charge in [-0.25, -0.2) is 4.79 Å². The van der Waals surface area contributed by atoms with Crippen molar-refractivity contribution in [2.75, 3.05) is 7.11 Å². The Balaban J connectivity index is 2.28. The fraction of sp³-hybridized carbons (Fsp3) is 0.200. The number of carboxylic acid groups (broad SMARTS) is 1. The Bertz CT molecular complexity index is 743. The number of methoxy groups -OCH3 is 1. The second-order valence-corrected chi connectivity index (χ2v) is 4.62. The molecule has 1 N–H and O–H groups in total. The number of aromatic carboxylic acids is 1. The highest BCUT2D eigenvalue weighted by atomic mass is 16.5. The van der Waals surface area contributed by atoms with Crippen molar-refractivity contribution >= 4 is 17.4 Å². The molecule has 0 aliphatic heterocycles. The lowest BCUT2D eigenvalue weighted by atomic mass is 10.0. The summed E-state index contributed by atoms with van der Waals surface area (Å²) in [6, 6.07) is 6.18. The highest BCUT2D eigenvalue weighted by Gasteiger charge is 2.25. The molecule has 0 fully saturated rings. The van der Waals surface area contributed by atoms with Crippen LogP contribution in [0, 0.1) is 0 Å². The molecule has 2 rings (SSSR count). The number of nitrogens with zero attached hydrogens (tertiary/aromatic N) is 4. The first-order valence-electron chi connectivity index (χ1n) is 6.45. The van der Waals surface area contributed by atoms with E-state index >= 15 is 0 Å². The van der Waals surface area contributed by atoms with Crippen molar-refractivity contribution in [3.05, 3.63) is 58.8 Å². The normalized spacial score (nSPS) is 17.9. The molecule has 0 amide bonds. The molecule has 0 radical (unpaired) electrons. The van der Waals surface area contributed by atoms with E-state index in [-0.39, 0.29) is 5.56 Å². The predicted octanol–water partition coefficient (Wildman–Crippen LogP) is 3.00. The largest absolute Gasteiger partial charge is 0.478 e. The lowest BCUT2D eigenvalue weighted by molar-refractivity contribution is -0.0185. The molecule has 7 nitrogen and oxygen atoms in total. The first kappa shape index (κ1) is 15.5. The Kier molecular flexibility index (Phi) is 4.73. The molecule has 1 aliphatic carbocycles. The molecule has 0 heterocycles. The van der Waals surface area contributed by atoms with E-state index in [1.807, 2.05) is 0 Å². The molecule has 112 valence electrons. The van der Waals surface area contributed by atoms with Crippen LogP contribution in [-0.4, -0.2) is 34.8 Å². The number of carbonyl (C=O) groups is 1. The lowest BCUT2D eigenvalue weighted by Gasteiger charge is -2.12. The highest BCUT2D eigenvalue weighted by molar-refractivity contribution is 5.98. The summed E-state index contributed by atoms with van der Waals surface area (Å²) in [5, 5.41) is 17.1. The second-order valence-electron chi connectivity index (χ2n) is 4.62. The summed E-state index contributed by atoms with van der Waals surface area (Å²) in [7, 11) is 1.49. The molecule has 1 unspecified atom stereocenters. The SMILES string of the molecule is COC1C=C(N=Nc2cccc(C(=O)O)c2)C(C)=CC1=[N+]=[N-]. The van der Waals surface area contributed by atoms with Crippen LogP contribution in [0.5, 0.6) is 0 Å². The standard InChI is InChI=1S/C15H14N4O3/c1-9-6-13(17-16)14(22-2)8-12(9)19-18-11-5-3-4-10(7-11)15(20)21/h3-8,14H,1-2H3,(H,20,21). The van der Waals surface area contributed by atoms with Crippen LogP contribution in [0.25, 0.3) is 5.53 Å². The maximum absolute atomic E-state index is 10.9. The topological polar surface area (TPSA) is 108 Å². The molecule has 0 spiro atoms. The van der Waals surface area contributed by atoms with Crippen molar-refractivity contribution in [3.8, 4) is 0 Å². The average Bonchev–Trinajstić information content (AvgIpc) is 2.53. The van der Waals surface area contributed by atoms with Crippen LogP contribution in [0.2, 0.25) is 0 Å². The third kappa shape index (κ3) is 3.41. The van der Waals surface area contributed by atoms with E-state index in [4.69, 9.17) is 15.4 Å². The van der Waals surface area contributed by atoms with Crippen molar-refractivity contribution in [2.45, 2.75) is 13.0 Å². The monoisotopic (exact) mass is 298 g/mol. The van der Waals surface area contributed by atoms with Crippen molar-refractivity contribution in [1.82, 2.24) is 0 Å². The van der Waals surface area contributed by atoms with Crippen LogP contribution in [0.15, 0.2) is 57.9 Å². The molecular formula is C15H14N4O3. The molecule has 1 aromatic rings. The number of rotatable bonds is 4. The Morgan fingerprint density at radius 1 is 1.41 bits per heavy atom. The summed E-state index contributed by atoms with van der Waals surface area (Å²) >= 11 is 0. The number of benzene rings is 1. The van der Waals surface area contributed by atoms with E-state index in [0.29, 0.717) is 17.1 Å². The second kappa shape index (κ2) is 6.71.